The maximum absolute atomic E-state index is 13.7. The number of amides is 1. The molecule has 1 aliphatic heterocycles. The Morgan fingerprint density at radius 3 is 2.36 bits per heavy atom. The van der Waals surface area contributed by atoms with Crippen molar-refractivity contribution in [1.82, 2.24) is 10.4 Å². The van der Waals surface area contributed by atoms with Crippen LogP contribution in [0.2, 0.25) is 0 Å². The fraction of sp³-hybridized carbons (Fsp3) is 0.389. The van der Waals surface area contributed by atoms with Gasteiger partial charge in [0.2, 0.25) is 5.91 Å². The molecule has 1 aliphatic rings. The topological polar surface area (TPSA) is 41.6 Å². The summed E-state index contributed by atoms with van der Waals surface area (Å²) < 4.78 is 46.4. The van der Waals surface area contributed by atoms with Crippen molar-refractivity contribution in [2.75, 3.05) is 13.7 Å². The molecule has 0 radical (unpaired) electrons. The highest BCUT2D eigenvalue weighted by atomic mass is 19.4. The van der Waals surface area contributed by atoms with Crippen LogP contribution in [-0.4, -0.2) is 30.7 Å². The molecule has 1 saturated heterocycles. The monoisotopic (exact) mass is 352 g/mol. The Hall–Kier alpha value is -2.28. The number of hydrogen-bond acceptors (Lipinski definition) is 3. The smallest absolute Gasteiger partial charge is 0.409 e. The molecule has 134 valence electrons. The van der Waals surface area contributed by atoms with E-state index in [1.165, 1.54) is 19.2 Å². The maximum atomic E-state index is 13.7. The minimum absolute atomic E-state index is 0.0172. The molecule has 1 unspecified atom stereocenters. The summed E-state index contributed by atoms with van der Waals surface area (Å²) >= 11 is 0. The minimum Gasteiger partial charge on any atom is -0.497 e. The lowest BCUT2D eigenvalue weighted by Crippen LogP contribution is -2.43. The molecule has 2 aromatic rings. The molecule has 4 nitrogen and oxygen atoms in total. The highest BCUT2D eigenvalue weighted by Gasteiger charge is 2.51. The van der Waals surface area contributed by atoms with Crippen LogP contribution in [-0.2, 0) is 4.79 Å². The van der Waals surface area contributed by atoms with Gasteiger partial charge in [-0.1, -0.05) is 18.2 Å². The van der Waals surface area contributed by atoms with Crippen LogP contribution in [0.4, 0.5) is 13.2 Å². The quantitative estimate of drug-likeness (QED) is 0.913. The number of carbonyl (C=O) groups is 1. The van der Waals surface area contributed by atoms with Gasteiger partial charge in [0.15, 0.2) is 0 Å². The molecule has 0 aliphatic carbocycles. The van der Waals surface area contributed by atoms with Gasteiger partial charge in [-0.2, -0.15) is 13.2 Å². The van der Waals surface area contributed by atoms with Gasteiger partial charge >= 0.3 is 6.18 Å². The number of alkyl halides is 3. The second-order valence-electron chi connectivity index (χ2n) is 6.87. The van der Waals surface area contributed by atoms with Crippen LogP contribution in [0.25, 0.3) is 10.8 Å². The van der Waals surface area contributed by atoms with E-state index >= 15 is 0 Å². The summed E-state index contributed by atoms with van der Waals surface area (Å²) in [6.45, 7) is 3.24. The van der Waals surface area contributed by atoms with Crippen molar-refractivity contribution in [1.29, 1.82) is 0 Å². The van der Waals surface area contributed by atoms with Crippen molar-refractivity contribution >= 4 is 16.7 Å². The van der Waals surface area contributed by atoms with Crippen LogP contribution in [0.15, 0.2) is 36.4 Å². The predicted octanol–water partition coefficient (Wildman–Crippen LogP) is 3.82. The van der Waals surface area contributed by atoms with Gasteiger partial charge < -0.3 is 4.74 Å². The average molecular weight is 352 g/mol. The van der Waals surface area contributed by atoms with Crippen LogP contribution in [0, 0.1) is 5.41 Å². The fourth-order valence-electron chi connectivity index (χ4n) is 3.06. The number of halogens is 3. The van der Waals surface area contributed by atoms with E-state index < -0.39 is 23.5 Å². The van der Waals surface area contributed by atoms with E-state index in [-0.39, 0.29) is 12.1 Å². The summed E-state index contributed by atoms with van der Waals surface area (Å²) in [6.07, 6.45) is -4.52. The van der Waals surface area contributed by atoms with Crippen LogP contribution < -0.4 is 10.2 Å². The van der Waals surface area contributed by atoms with Crippen LogP contribution in [0.5, 0.6) is 5.75 Å². The van der Waals surface area contributed by atoms with Crippen molar-refractivity contribution in [2.24, 2.45) is 5.41 Å². The third kappa shape index (κ3) is 3.28. The number of hydrazine groups is 1. The largest absolute Gasteiger partial charge is 0.497 e. The summed E-state index contributed by atoms with van der Waals surface area (Å²) in [4.78, 5) is 11.9. The Bertz CT molecular complexity index is 818. The van der Waals surface area contributed by atoms with Crippen molar-refractivity contribution < 1.29 is 22.7 Å². The number of benzene rings is 2. The maximum Gasteiger partial charge on any atom is 0.409 e. The molecule has 1 amide bonds. The molecule has 0 bridgehead atoms. The summed E-state index contributed by atoms with van der Waals surface area (Å²) in [6, 6.07) is 7.87. The first-order chi connectivity index (χ1) is 11.6. The van der Waals surface area contributed by atoms with E-state index in [1.54, 1.807) is 38.1 Å². The van der Waals surface area contributed by atoms with E-state index in [4.69, 9.17) is 4.74 Å². The first kappa shape index (κ1) is 17.5. The number of nitrogens with zero attached hydrogens (tertiary/aromatic N) is 1. The molecule has 1 atom stereocenters. The number of hydrogen-bond donors (Lipinski definition) is 1. The highest BCUT2D eigenvalue weighted by molar-refractivity contribution is 5.85. The summed E-state index contributed by atoms with van der Waals surface area (Å²) in [7, 11) is 1.53. The van der Waals surface area contributed by atoms with Gasteiger partial charge in [0.25, 0.3) is 0 Å². The molecular weight excluding hydrogens is 333 g/mol. The van der Waals surface area contributed by atoms with E-state index in [9.17, 15) is 18.0 Å². The van der Waals surface area contributed by atoms with Crippen LogP contribution in [0.1, 0.15) is 25.5 Å². The first-order valence-corrected chi connectivity index (χ1v) is 7.84. The molecule has 1 N–H and O–H groups in total. The lowest BCUT2D eigenvalue weighted by atomic mass is 9.93. The number of nitrogens with one attached hydrogen (secondary N) is 1. The van der Waals surface area contributed by atoms with E-state index in [0.29, 0.717) is 11.1 Å². The van der Waals surface area contributed by atoms with Gasteiger partial charge in [0.05, 0.1) is 12.5 Å². The van der Waals surface area contributed by atoms with Crippen LogP contribution in [0.3, 0.4) is 0 Å². The Labute approximate surface area is 143 Å². The zero-order chi connectivity index (χ0) is 18.4. The second-order valence-corrected chi connectivity index (χ2v) is 6.87. The lowest BCUT2D eigenvalue weighted by Gasteiger charge is -2.30. The van der Waals surface area contributed by atoms with Gasteiger partial charge in [-0.3, -0.25) is 10.2 Å². The fourth-order valence-corrected chi connectivity index (χ4v) is 3.06. The molecule has 25 heavy (non-hydrogen) atoms. The standard InChI is InChI=1S/C18H19F3N2O2/c1-17(2)10-23(22-16(17)24)15(18(19,20)21)13-5-4-12-9-14(25-3)7-6-11(12)8-13/h4-9,15H,10H2,1-3H3,(H,22,24). The third-order valence-electron chi connectivity index (χ3n) is 4.43. The predicted molar refractivity (Wildman–Crippen MR) is 87.9 cm³/mol. The highest BCUT2D eigenvalue weighted by Crippen LogP contribution is 2.41. The number of carbonyl (C=O) groups excluding carboxylic acids is 1. The molecule has 3 rings (SSSR count). The Morgan fingerprint density at radius 2 is 1.80 bits per heavy atom. The zero-order valence-electron chi connectivity index (χ0n) is 14.1. The number of rotatable bonds is 3. The van der Waals surface area contributed by atoms with E-state index in [0.717, 1.165) is 10.4 Å². The number of methoxy groups -OCH3 is 1. The van der Waals surface area contributed by atoms with Gasteiger partial charge in [-0.05, 0) is 48.4 Å². The Morgan fingerprint density at radius 1 is 1.16 bits per heavy atom. The SMILES string of the molecule is COc1ccc2cc(C(N3CC(C)(C)C(=O)N3)C(F)(F)F)ccc2c1. The lowest BCUT2D eigenvalue weighted by molar-refractivity contribution is -0.191. The molecule has 1 fully saturated rings. The van der Waals surface area contributed by atoms with Gasteiger partial charge in [-0.15, -0.1) is 0 Å². The number of fused-ring (bicyclic) bond motifs is 1. The molecule has 0 aromatic heterocycles. The molecule has 0 saturated carbocycles. The van der Waals surface area contributed by atoms with Gasteiger partial charge in [0.1, 0.15) is 11.8 Å². The summed E-state index contributed by atoms with van der Waals surface area (Å²) in [5.74, 6) is 0.230. The average Bonchev–Trinajstić information content (AvgIpc) is 2.78. The Balaban J connectivity index is 2.03. The van der Waals surface area contributed by atoms with Crippen molar-refractivity contribution in [3.8, 4) is 5.75 Å². The van der Waals surface area contributed by atoms with E-state index in [2.05, 4.69) is 5.43 Å². The molecule has 1 heterocycles. The number of ether oxygens (including phenoxy) is 1. The van der Waals surface area contributed by atoms with Crippen molar-refractivity contribution in [3.05, 3.63) is 42.0 Å². The summed E-state index contributed by atoms with van der Waals surface area (Å²) in [5.41, 5.74) is 1.59. The van der Waals surface area contributed by atoms with Crippen LogP contribution >= 0.6 is 0 Å². The second kappa shape index (κ2) is 5.91. The van der Waals surface area contributed by atoms with Gasteiger partial charge in [0, 0.05) is 6.54 Å². The molecule has 2 aromatic carbocycles. The van der Waals surface area contributed by atoms with E-state index in [1.807, 2.05) is 0 Å². The van der Waals surface area contributed by atoms with Crippen molar-refractivity contribution in [3.63, 3.8) is 0 Å². The Kier molecular flexibility index (Phi) is 4.15. The van der Waals surface area contributed by atoms with Crippen molar-refractivity contribution in [2.45, 2.75) is 26.1 Å². The third-order valence-corrected chi connectivity index (χ3v) is 4.43. The summed E-state index contributed by atoms with van der Waals surface area (Å²) in [5, 5.41) is 2.44. The zero-order valence-corrected chi connectivity index (χ0v) is 14.1. The molecule has 7 heteroatoms. The minimum atomic E-state index is -4.52. The normalized spacial score (nSPS) is 19.0. The molecule has 0 spiro atoms. The molecular formula is C18H19F3N2O2. The first-order valence-electron chi connectivity index (χ1n) is 7.84. The van der Waals surface area contributed by atoms with Gasteiger partial charge in [-0.25, -0.2) is 5.01 Å².